The Morgan fingerprint density at radius 1 is 1.14 bits per heavy atom. The van der Waals surface area contributed by atoms with E-state index in [1.54, 1.807) is 11.8 Å². The number of fused-ring (bicyclic) bond motifs is 2. The third kappa shape index (κ3) is 2.50. The second-order valence-electron chi connectivity index (χ2n) is 4.99. The quantitative estimate of drug-likeness (QED) is 0.571. The van der Waals surface area contributed by atoms with Crippen molar-refractivity contribution in [3.05, 3.63) is 71.8 Å². The summed E-state index contributed by atoms with van der Waals surface area (Å²) in [6.07, 6.45) is 0. The van der Waals surface area contributed by atoms with Crippen molar-refractivity contribution >= 4 is 23.1 Å². The maximum atomic E-state index is 8.83. The van der Waals surface area contributed by atoms with Gasteiger partial charge in [0.05, 0.1) is 0 Å². The van der Waals surface area contributed by atoms with Gasteiger partial charge in [-0.15, -0.1) is 0 Å². The number of rotatable bonds is 3. The van der Waals surface area contributed by atoms with Gasteiger partial charge in [-0.1, -0.05) is 54.7 Å². The molecule has 0 spiro atoms. The maximum Gasteiger partial charge on any atom is 0.186 e. The van der Waals surface area contributed by atoms with Crippen molar-refractivity contribution in [3.8, 4) is 0 Å². The second-order valence-corrected chi connectivity index (χ2v) is 6.07. The Kier molecular flexibility index (Phi) is 3.62. The third-order valence-electron chi connectivity index (χ3n) is 3.55. The van der Waals surface area contributed by atoms with Crippen molar-refractivity contribution in [1.82, 2.24) is 0 Å². The van der Waals surface area contributed by atoms with Gasteiger partial charge in [-0.3, -0.25) is 0 Å². The molecule has 2 nitrogen and oxygen atoms in total. The molecule has 21 heavy (non-hydrogen) atoms. The topological polar surface area (TPSA) is 29.5 Å². The van der Waals surface area contributed by atoms with Gasteiger partial charge < -0.3 is 9.84 Å². The summed E-state index contributed by atoms with van der Waals surface area (Å²) in [5.74, 6) is 0.473. The van der Waals surface area contributed by atoms with E-state index < -0.39 is 0 Å². The van der Waals surface area contributed by atoms with E-state index in [0.717, 1.165) is 21.6 Å². The highest BCUT2D eigenvalue weighted by atomic mass is 32.2. The predicted molar refractivity (Wildman–Crippen MR) is 87.1 cm³/mol. The average molecular weight is 296 g/mol. The van der Waals surface area contributed by atoms with E-state index in [-0.39, 0.29) is 6.79 Å². The van der Waals surface area contributed by atoms with E-state index in [2.05, 4.69) is 38.3 Å². The zero-order chi connectivity index (χ0) is 15.0. The van der Waals surface area contributed by atoms with Gasteiger partial charge in [-0.2, -0.15) is 0 Å². The zero-order valence-electron chi connectivity index (χ0n) is 11.8. The van der Waals surface area contributed by atoms with Crippen LogP contribution >= 0.6 is 11.8 Å². The maximum absolute atomic E-state index is 8.83. The van der Waals surface area contributed by atoms with Crippen LogP contribution in [0.1, 0.15) is 22.3 Å². The largest absolute Gasteiger partial charge is 0.468 e. The van der Waals surface area contributed by atoms with Crippen LogP contribution in [-0.4, -0.2) is 11.9 Å². The molecule has 0 aromatic heterocycles. The molecule has 3 heteroatoms. The van der Waals surface area contributed by atoms with Crippen molar-refractivity contribution in [2.24, 2.45) is 0 Å². The molecule has 0 unspecified atom stereocenters. The van der Waals surface area contributed by atoms with E-state index in [1.807, 2.05) is 18.2 Å². The Morgan fingerprint density at radius 2 is 1.95 bits per heavy atom. The molecule has 0 fully saturated rings. The zero-order valence-corrected chi connectivity index (χ0v) is 12.7. The minimum absolute atomic E-state index is 0.363. The lowest BCUT2D eigenvalue weighted by molar-refractivity contribution is 0.0752. The molecule has 0 bridgehead atoms. The van der Waals surface area contributed by atoms with Crippen LogP contribution in [0, 0.1) is 6.92 Å². The standard InChI is InChI=1S/C18H16O2S/c1-11-4-7-17-16(8-11)12(2)15-6-5-14(9-18(15)21-17)13(3)20-10-19/h4-9,19H,2-3,10H2,1H3. The Labute approximate surface area is 128 Å². The monoisotopic (exact) mass is 296 g/mol. The summed E-state index contributed by atoms with van der Waals surface area (Å²) >= 11 is 1.72. The van der Waals surface area contributed by atoms with Crippen LogP contribution in [-0.2, 0) is 4.74 Å². The lowest BCUT2D eigenvalue weighted by Crippen LogP contribution is -2.00. The molecule has 1 heterocycles. The van der Waals surface area contributed by atoms with Crippen molar-refractivity contribution < 1.29 is 9.84 Å². The number of ether oxygens (including phenoxy) is 1. The van der Waals surface area contributed by atoms with Gasteiger partial charge in [0.1, 0.15) is 5.76 Å². The molecule has 0 saturated heterocycles. The molecule has 1 aliphatic rings. The Hall–Kier alpha value is -1.97. The molecule has 0 amide bonds. The number of hydrogen-bond donors (Lipinski definition) is 1. The molecule has 0 aliphatic carbocycles. The molecule has 3 rings (SSSR count). The third-order valence-corrected chi connectivity index (χ3v) is 4.68. The Balaban J connectivity index is 2.03. The van der Waals surface area contributed by atoms with E-state index in [9.17, 15) is 0 Å². The highest BCUT2D eigenvalue weighted by molar-refractivity contribution is 7.99. The molecule has 2 aromatic rings. The van der Waals surface area contributed by atoms with Gasteiger partial charge in [0, 0.05) is 15.4 Å². The number of aliphatic hydroxyl groups excluding tert-OH is 1. The summed E-state index contributed by atoms with van der Waals surface area (Å²) in [6.45, 7) is 9.79. The summed E-state index contributed by atoms with van der Waals surface area (Å²) in [4.78, 5) is 2.35. The molecule has 1 aliphatic heterocycles. The fourth-order valence-electron chi connectivity index (χ4n) is 2.42. The lowest BCUT2D eigenvalue weighted by atomic mass is 9.96. The fraction of sp³-hybridized carbons (Fsp3) is 0.111. The molecule has 0 atom stereocenters. The molecular weight excluding hydrogens is 280 g/mol. The highest BCUT2D eigenvalue weighted by Crippen LogP contribution is 2.45. The molecule has 2 aromatic carbocycles. The number of benzene rings is 2. The Morgan fingerprint density at radius 3 is 2.71 bits per heavy atom. The lowest BCUT2D eigenvalue weighted by Gasteiger charge is -2.22. The van der Waals surface area contributed by atoms with Crippen LogP contribution in [0.4, 0.5) is 0 Å². The van der Waals surface area contributed by atoms with E-state index >= 15 is 0 Å². The summed E-state index contributed by atoms with van der Waals surface area (Å²) in [5.41, 5.74) is 5.49. The summed E-state index contributed by atoms with van der Waals surface area (Å²) in [7, 11) is 0. The van der Waals surface area contributed by atoms with E-state index in [4.69, 9.17) is 9.84 Å². The van der Waals surface area contributed by atoms with Crippen LogP contribution in [0.2, 0.25) is 0 Å². The smallest absolute Gasteiger partial charge is 0.186 e. The number of hydrogen-bond acceptors (Lipinski definition) is 3. The van der Waals surface area contributed by atoms with Crippen molar-refractivity contribution in [2.45, 2.75) is 16.7 Å². The first-order chi connectivity index (χ1) is 10.1. The Bertz CT molecular complexity index is 747. The molecule has 1 N–H and O–H groups in total. The van der Waals surface area contributed by atoms with Crippen LogP contribution in [0.3, 0.4) is 0 Å². The normalized spacial score (nSPS) is 12.6. The first-order valence-corrected chi connectivity index (χ1v) is 7.47. The van der Waals surface area contributed by atoms with E-state index in [1.165, 1.54) is 16.0 Å². The fourth-order valence-corrected chi connectivity index (χ4v) is 3.58. The minimum Gasteiger partial charge on any atom is -0.468 e. The van der Waals surface area contributed by atoms with Gasteiger partial charge in [0.2, 0.25) is 0 Å². The van der Waals surface area contributed by atoms with E-state index in [0.29, 0.717) is 5.76 Å². The SMILES string of the molecule is C=C(OCO)c1ccc2c(c1)Sc1ccc(C)cc1C2=C. The predicted octanol–water partition coefficient (Wildman–Crippen LogP) is 4.46. The van der Waals surface area contributed by atoms with Gasteiger partial charge in [0.15, 0.2) is 6.79 Å². The second kappa shape index (κ2) is 5.43. The van der Waals surface area contributed by atoms with Gasteiger partial charge >= 0.3 is 0 Å². The minimum atomic E-state index is -0.363. The summed E-state index contributed by atoms with van der Waals surface area (Å²) in [6, 6.07) is 12.4. The van der Waals surface area contributed by atoms with Crippen LogP contribution in [0.15, 0.2) is 59.3 Å². The molecule has 0 radical (unpaired) electrons. The van der Waals surface area contributed by atoms with Crippen molar-refractivity contribution in [1.29, 1.82) is 0 Å². The number of aryl methyl sites for hydroxylation is 1. The van der Waals surface area contributed by atoms with Gasteiger partial charge in [-0.25, -0.2) is 0 Å². The molecule has 106 valence electrons. The van der Waals surface area contributed by atoms with Crippen LogP contribution in [0.25, 0.3) is 11.3 Å². The van der Waals surface area contributed by atoms with Crippen molar-refractivity contribution in [3.63, 3.8) is 0 Å². The molecular formula is C18H16O2S. The first kappa shape index (κ1) is 14.0. The highest BCUT2D eigenvalue weighted by Gasteiger charge is 2.20. The molecule has 0 saturated carbocycles. The summed E-state index contributed by atoms with van der Waals surface area (Å²) < 4.78 is 5.06. The van der Waals surface area contributed by atoms with Gasteiger partial charge in [-0.05, 0) is 35.8 Å². The first-order valence-electron chi connectivity index (χ1n) is 6.65. The number of aliphatic hydroxyl groups is 1. The van der Waals surface area contributed by atoms with Crippen molar-refractivity contribution in [2.75, 3.05) is 6.79 Å². The van der Waals surface area contributed by atoms with Crippen LogP contribution < -0.4 is 0 Å². The average Bonchev–Trinajstić information content (AvgIpc) is 2.48. The van der Waals surface area contributed by atoms with Gasteiger partial charge in [0.25, 0.3) is 0 Å². The summed E-state index contributed by atoms with van der Waals surface area (Å²) in [5, 5.41) is 8.83. The van der Waals surface area contributed by atoms with Crippen LogP contribution in [0.5, 0.6) is 0 Å².